The zero-order chi connectivity index (χ0) is 19.1. The monoisotopic (exact) mass is 387 g/mol. The van der Waals surface area contributed by atoms with Gasteiger partial charge in [-0.05, 0) is 47.9 Å². The maximum Gasteiger partial charge on any atom is 0.254 e. The van der Waals surface area contributed by atoms with E-state index in [1.807, 2.05) is 41.4 Å². The number of benzene rings is 2. The molecular formula is C23H18ClN3O. The average Bonchev–Trinajstić information content (AvgIpc) is 3.12. The van der Waals surface area contributed by atoms with Crippen LogP contribution in [0.1, 0.15) is 33.2 Å². The Labute approximate surface area is 167 Å². The van der Waals surface area contributed by atoms with E-state index in [2.05, 4.69) is 28.2 Å². The van der Waals surface area contributed by atoms with Crippen LogP contribution in [-0.2, 0) is 6.42 Å². The summed E-state index contributed by atoms with van der Waals surface area (Å²) in [6.45, 7) is 0.639. The third kappa shape index (κ3) is 2.77. The number of aromatic nitrogens is 2. The van der Waals surface area contributed by atoms with E-state index >= 15 is 0 Å². The first-order valence-corrected chi connectivity index (χ1v) is 9.66. The van der Waals surface area contributed by atoms with Crippen molar-refractivity contribution in [3.63, 3.8) is 0 Å². The summed E-state index contributed by atoms with van der Waals surface area (Å²) in [5, 5.41) is 1.79. The van der Waals surface area contributed by atoms with E-state index < -0.39 is 0 Å². The summed E-state index contributed by atoms with van der Waals surface area (Å²) in [6.07, 6.45) is 4.40. The predicted octanol–water partition coefficient (Wildman–Crippen LogP) is 5.00. The van der Waals surface area contributed by atoms with Gasteiger partial charge in [-0.1, -0.05) is 41.9 Å². The molecule has 0 radical (unpaired) electrons. The second-order valence-corrected chi connectivity index (χ2v) is 7.45. The lowest BCUT2D eigenvalue weighted by atomic mass is 9.92. The predicted molar refractivity (Wildman–Crippen MR) is 111 cm³/mol. The Balaban J connectivity index is 1.66. The van der Waals surface area contributed by atoms with Crippen molar-refractivity contribution in [2.24, 2.45) is 0 Å². The van der Waals surface area contributed by atoms with Crippen LogP contribution in [0.25, 0.3) is 10.9 Å². The Hall–Kier alpha value is -3.11. The summed E-state index contributed by atoms with van der Waals surface area (Å²) in [7, 11) is 0. The maximum absolute atomic E-state index is 13.4. The van der Waals surface area contributed by atoms with Gasteiger partial charge in [-0.2, -0.15) is 0 Å². The summed E-state index contributed by atoms with van der Waals surface area (Å²) < 4.78 is 0. The highest BCUT2D eigenvalue weighted by molar-refractivity contribution is 6.31. The van der Waals surface area contributed by atoms with Gasteiger partial charge in [0.1, 0.15) is 0 Å². The smallest absolute Gasteiger partial charge is 0.254 e. The number of rotatable bonds is 2. The molecule has 1 N–H and O–H groups in total. The van der Waals surface area contributed by atoms with Crippen molar-refractivity contribution in [3.05, 3.63) is 100 Å². The summed E-state index contributed by atoms with van der Waals surface area (Å²) >= 11 is 6.13. The Kier molecular flexibility index (Phi) is 4.14. The molecule has 2 aromatic carbocycles. The molecule has 5 heteroatoms. The fourth-order valence-electron chi connectivity index (χ4n) is 4.13. The number of carbonyl (C=O) groups is 1. The second-order valence-electron chi connectivity index (χ2n) is 7.01. The van der Waals surface area contributed by atoms with E-state index in [9.17, 15) is 4.79 Å². The minimum absolute atomic E-state index is 0.0272. The lowest BCUT2D eigenvalue weighted by Gasteiger charge is -2.36. The number of pyridine rings is 1. The molecule has 0 saturated carbocycles. The molecule has 0 saturated heterocycles. The van der Waals surface area contributed by atoms with Crippen LogP contribution >= 0.6 is 11.6 Å². The topological polar surface area (TPSA) is 49.0 Å². The summed E-state index contributed by atoms with van der Waals surface area (Å²) in [5.41, 5.74) is 5.03. The summed E-state index contributed by atoms with van der Waals surface area (Å²) in [6, 6.07) is 19.2. The zero-order valence-electron chi connectivity index (χ0n) is 15.1. The number of halogens is 1. The molecule has 0 unspecified atom stereocenters. The van der Waals surface area contributed by atoms with E-state index in [-0.39, 0.29) is 11.9 Å². The summed E-state index contributed by atoms with van der Waals surface area (Å²) in [5.74, 6) is -0.0272. The molecule has 4 aromatic rings. The molecule has 0 fully saturated rings. The Morgan fingerprint density at radius 2 is 2.00 bits per heavy atom. The molecule has 0 bridgehead atoms. The highest BCUT2D eigenvalue weighted by Crippen LogP contribution is 2.38. The average molecular weight is 388 g/mol. The van der Waals surface area contributed by atoms with Gasteiger partial charge in [-0.15, -0.1) is 0 Å². The fraction of sp³-hybridized carbons (Fsp3) is 0.130. The number of hydrogen-bond acceptors (Lipinski definition) is 2. The van der Waals surface area contributed by atoms with Gasteiger partial charge in [0, 0.05) is 46.1 Å². The van der Waals surface area contributed by atoms with Crippen molar-refractivity contribution in [2.75, 3.05) is 6.54 Å². The van der Waals surface area contributed by atoms with Gasteiger partial charge < -0.3 is 9.88 Å². The molecule has 1 amide bonds. The number of carbonyl (C=O) groups excluding carboxylic acids is 1. The van der Waals surface area contributed by atoms with Gasteiger partial charge in [0.25, 0.3) is 5.91 Å². The standard InChI is InChI=1S/C23H18ClN3O/c24-17-7-3-5-15(13-17)23(28)27-12-10-19-18-8-1-2-9-20(18)26-21(19)22(27)16-6-4-11-25-14-16/h1-9,11,13-14,22,26H,10,12H2/t22-/m0/s1. The largest absolute Gasteiger partial charge is 0.356 e. The van der Waals surface area contributed by atoms with Gasteiger partial charge >= 0.3 is 0 Å². The lowest BCUT2D eigenvalue weighted by Crippen LogP contribution is -2.40. The van der Waals surface area contributed by atoms with Crippen LogP contribution in [-0.4, -0.2) is 27.3 Å². The molecular weight excluding hydrogens is 370 g/mol. The normalized spacial score (nSPS) is 16.2. The molecule has 0 aliphatic carbocycles. The van der Waals surface area contributed by atoms with Crippen LogP contribution in [0.4, 0.5) is 0 Å². The van der Waals surface area contributed by atoms with E-state index in [0.717, 1.165) is 23.2 Å². The zero-order valence-corrected chi connectivity index (χ0v) is 15.9. The van der Waals surface area contributed by atoms with Gasteiger partial charge in [0.05, 0.1) is 6.04 Å². The van der Waals surface area contributed by atoms with Crippen LogP contribution in [0.2, 0.25) is 5.02 Å². The fourth-order valence-corrected chi connectivity index (χ4v) is 4.32. The first-order valence-electron chi connectivity index (χ1n) is 9.28. The molecule has 1 aliphatic rings. The Bertz CT molecular complexity index is 1170. The molecule has 4 nitrogen and oxygen atoms in total. The van der Waals surface area contributed by atoms with Gasteiger partial charge in [-0.25, -0.2) is 0 Å². The van der Waals surface area contributed by atoms with Crippen LogP contribution in [0.5, 0.6) is 0 Å². The number of hydrogen-bond donors (Lipinski definition) is 1. The SMILES string of the molecule is O=C(c1cccc(Cl)c1)N1CCc2c([nH]c3ccccc23)[C@@H]1c1cccnc1. The van der Waals surface area contributed by atoms with Gasteiger partial charge in [-0.3, -0.25) is 9.78 Å². The molecule has 138 valence electrons. The minimum atomic E-state index is -0.212. The highest BCUT2D eigenvalue weighted by atomic mass is 35.5. The van der Waals surface area contributed by atoms with Crippen molar-refractivity contribution in [1.29, 1.82) is 0 Å². The van der Waals surface area contributed by atoms with E-state index in [1.165, 1.54) is 10.9 Å². The van der Waals surface area contributed by atoms with Crippen LogP contribution < -0.4 is 0 Å². The third-order valence-corrected chi connectivity index (χ3v) is 5.60. The van der Waals surface area contributed by atoms with Crippen molar-refractivity contribution >= 4 is 28.4 Å². The van der Waals surface area contributed by atoms with Crippen molar-refractivity contribution in [2.45, 2.75) is 12.5 Å². The number of H-pyrrole nitrogens is 1. The number of nitrogens with zero attached hydrogens (tertiary/aromatic N) is 2. The second kappa shape index (κ2) is 6.80. The summed E-state index contributed by atoms with van der Waals surface area (Å²) in [4.78, 5) is 23.2. The molecule has 5 rings (SSSR count). The van der Waals surface area contributed by atoms with Gasteiger partial charge in [0.2, 0.25) is 0 Å². The first kappa shape index (κ1) is 17.0. The van der Waals surface area contributed by atoms with Crippen LogP contribution in [0, 0.1) is 0 Å². The van der Waals surface area contributed by atoms with E-state index in [4.69, 9.17) is 11.6 Å². The Morgan fingerprint density at radius 1 is 1.11 bits per heavy atom. The molecule has 1 atom stereocenters. The van der Waals surface area contributed by atoms with Crippen LogP contribution in [0.15, 0.2) is 73.1 Å². The van der Waals surface area contributed by atoms with Gasteiger partial charge in [0.15, 0.2) is 0 Å². The number of amides is 1. The van der Waals surface area contributed by atoms with Crippen molar-refractivity contribution in [1.82, 2.24) is 14.9 Å². The quantitative estimate of drug-likeness (QED) is 0.526. The number of nitrogens with one attached hydrogen (secondary N) is 1. The molecule has 3 heterocycles. The molecule has 1 aliphatic heterocycles. The number of fused-ring (bicyclic) bond motifs is 3. The molecule has 2 aromatic heterocycles. The molecule has 0 spiro atoms. The highest BCUT2D eigenvalue weighted by Gasteiger charge is 2.35. The Morgan fingerprint density at radius 3 is 2.82 bits per heavy atom. The van der Waals surface area contributed by atoms with Crippen molar-refractivity contribution < 1.29 is 4.79 Å². The lowest BCUT2D eigenvalue weighted by molar-refractivity contribution is 0.0692. The molecule has 28 heavy (non-hydrogen) atoms. The maximum atomic E-state index is 13.4. The van der Waals surface area contributed by atoms with E-state index in [1.54, 1.807) is 18.3 Å². The first-order chi connectivity index (χ1) is 13.7. The van der Waals surface area contributed by atoms with E-state index in [0.29, 0.717) is 17.1 Å². The van der Waals surface area contributed by atoms with Crippen LogP contribution in [0.3, 0.4) is 0 Å². The third-order valence-electron chi connectivity index (χ3n) is 5.37. The van der Waals surface area contributed by atoms with Crippen molar-refractivity contribution in [3.8, 4) is 0 Å². The number of para-hydroxylation sites is 1. The minimum Gasteiger partial charge on any atom is -0.356 e. The number of aromatic amines is 1.